The maximum absolute atomic E-state index is 7.00. The second-order valence-electron chi connectivity index (χ2n) is 12.9. The molecule has 0 saturated heterocycles. The molecule has 0 radical (unpaired) electrons. The number of ether oxygens (including phenoxy) is 2. The van der Waals surface area contributed by atoms with Crippen molar-refractivity contribution in [1.82, 2.24) is 20.2 Å². The number of rotatable bonds is 3. The van der Waals surface area contributed by atoms with Gasteiger partial charge in [0.2, 0.25) is 0 Å². The summed E-state index contributed by atoms with van der Waals surface area (Å²) in [6, 6.07) is 42.0. The van der Waals surface area contributed by atoms with Gasteiger partial charge in [0.05, 0.1) is 17.8 Å². The van der Waals surface area contributed by atoms with Crippen LogP contribution in [0.2, 0.25) is 0 Å². The van der Waals surface area contributed by atoms with Crippen LogP contribution in [0, 0.1) is 0 Å². The third-order valence-electron chi connectivity index (χ3n) is 9.87. The van der Waals surface area contributed by atoms with E-state index in [9.17, 15) is 0 Å². The molecule has 0 amide bonds. The molecule has 244 valence electrons. The summed E-state index contributed by atoms with van der Waals surface area (Å²) in [5.41, 5.74) is 12.8. The number of nitrogens with zero attached hydrogens (tertiary/aromatic N) is 2. The van der Waals surface area contributed by atoms with Crippen molar-refractivity contribution in [2.75, 3.05) is 6.54 Å². The molecule has 0 unspecified atom stereocenters. The van der Waals surface area contributed by atoms with Gasteiger partial charge in [-0.05, 0) is 84.1 Å². The van der Waals surface area contributed by atoms with E-state index in [0.29, 0.717) is 0 Å². The van der Waals surface area contributed by atoms with E-state index < -0.39 is 0 Å². The first kappa shape index (κ1) is 29.2. The zero-order valence-electron chi connectivity index (χ0n) is 27.6. The zero-order chi connectivity index (χ0) is 33.7. The van der Waals surface area contributed by atoms with Gasteiger partial charge in [-0.25, -0.2) is 0 Å². The minimum Gasteiger partial charge on any atom is -0.456 e. The maximum Gasteiger partial charge on any atom is 0.137 e. The average Bonchev–Trinajstić information content (AvgIpc) is 3.53. The number of dihydropyridines is 1. The molecule has 5 heterocycles. The maximum atomic E-state index is 7.00. The third kappa shape index (κ3) is 4.99. The van der Waals surface area contributed by atoms with Crippen LogP contribution in [-0.4, -0.2) is 16.1 Å². The van der Waals surface area contributed by atoms with Crippen molar-refractivity contribution >= 4 is 28.2 Å². The highest BCUT2D eigenvalue weighted by atomic mass is 16.5. The first-order chi connectivity index (χ1) is 25.3. The SMILES string of the molecule is C1=Cc2c(n(-c3ccc4c(c3)Oc3ccccc3-c3ccccc3Oc3cc(C5=CCNC(c6cccnc6)=C5)ccc3-4)c3ccccc23)CN1. The Morgan fingerprint density at radius 3 is 2.18 bits per heavy atom. The summed E-state index contributed by atoms with van der Waals surface area (Å²) in [4.78, 5) is 4.33. The summed E-state index contributed by atoms with van der Waals surface area (Å²) < 4.78 is 16.3. The monoisotopic (exact) mass is 660 g/mol. The Kier molecular flexibility index (Phi) is 6.84. The number of para-hydroxylation sites is 3. The molecule has 10 rings (SSSR count). The Hall–Kier alpha value is -6.79. The van der Waals surface area contributed by atoms with Crippen LogP contribution in [0.1, 0.15) is 22.4 Å². The molecular formula is C45H32N4O2. The highest BCUT2D eigenvalue weighted by Gasteiger charge is 2.24. The highest BCUT2D eigenvalue weighted by Crippen LogP contribution is 2.48. The lowest BCUT2D eigenvalue weighted by Crippen LogP contribution is -2.16. The van der Waals surface area contributed by atoms with Crippen molar-refractivity contribution in [1.29, 1.82) is 0 Å². The number of benzene rings is 5. The molecule has 3 aliphatic rings. The van der Waals surface area contributed by atoms with Gasteiger partial charge in [0.15, 0.2) is 0 Å². The number of pyridine rings is 1. The van der Waals surface area contributed by atoms with Gasteiger partial charge in [-0.3, -0.25) is 4.98 Å². The molecule has 51 heavy (non-hydrogen) atoms. The molecule has 7 aromatic rings. The van der Waals surface area contributed by atoms with Gasteiger partial charge in [0.25, 0.3) is 0 Å². The van der Waals surface area contributed by atoms with Crippen molar-refractivity contribution in [3.05, 3.63) is 174 Å². The quantitative estimate of drug-likeness (QED) is 0.198. The largest absolute Gasteiger partial charge is 0.456 e. The van der Waals surface area contributed by atoms with E-state index in [1.165, 1.54) is 16.6 Å². The zero-order valence-corrected chi connectivity index (χ0v) is 27.6. The molecule has 5 aromatic carbocycles. The standard InChI is InChI=1S/C45H32N4O2/c1-4-12-40-33(9-1)34-20-22-47-28-41(34)49(40)32-16-18-38-37-17-15-29(30-19-23-48-39(24-30)31-8-7-21-46-27-31)25-44(37)50-42-13-5-2-10-35(42)36-11-3-6-14-43(36)51-45(38)26-32/h1-22,24-27,47-48H,23,28H2. The molecule has 0 spiro atoms. The van der Waals surface area contributed by atoms with Crippen molar-refractivity contribution in [3.63, 3.8) is 0 Å². The lowest BCUT2D eigenvalue weighted by atomic mass is 9.95. The van der Waals surface area contributed by atoms with Crippen molar-refractivity contribution < 1.29 is 9.47 Å². The molecule has 6 nitrogen and oxygen atoms in total. The van der Waals surface area contributed by atoms with Gasteiger partial charge < -0.3 is 24.7 Å². The number of nitrogens with one attached hydrogen (secondary N) is 2. The predicted molar refractivity (Wildman–Crippen MR) is 205 cm³/mol. The fourth-order valence-electron chi connectivity index (χ4n) is 7.47. The number of hydrogen-bond acceptors (Lipinski definition) is 5. The van der Waals surface area contributed by atoms with Crippen LogP contribution >= 0.6 is 0 Å². The highest BCUT2D eigenvalue weighted by molar-refractivity contribution is 5.94. The number of allylic oxidation sites excluding steroid dienone is 2. The van der Waals surface area contributed by atoms with Crippen LogP contribution in [-0.2, 0) is 6.54 Å². The average molecular weight is 661 g/mol. The minimum absolute atomic E-state index is 0.718. The molecule has 0 aliphatic carbocycles. The third-order valence-corrected chi connectivity index (χ3v) is 9.87. The summed E-state index contributed by atoms with van der Waals surface area (Å²) in [6.45, 7) is 1.45. The summed E-state index contributed by atoms with van der Waals surface area (Å²) in [6.07, 6.45) is 12.3. The summed E-state index contributed by atoms with van der Waals surface area (Å²) in [7, 11) is 0. The lowest BCUT2D eigenvalue weighted by molar-refractivity contribution is 0.472. The Bertz CT molecular complexity index is 2600. The van der Waals surface area contributed by atoms with Crippen LogP contribution in [0.25, 0.3) is 56.2 Å². The Balaban J connectivity index is 1.17. The van der Waals surface area contributed by atoms with Crippen molar-refractivity contribution in [2.24, 2.45) is 0 Å². The number of aromatic nitrogens is 2. The minimum atomic E-state index is 0.718. The summed E-state index contributed by atoms with van der Waals surface area (Å²) in [5.74, 6) is 3.04. The van der Waals surface area contributed by atoms with E-state index in [2.05, 4.69) is 117 Å². The van der Waals surface area contributed by atoms with E-state index in [1.807, 2.05) is 54.9 Å². The lowest BCUT2D eigenvalue weighted by Gasteiger charge is -2.23. The van der Waals surface area contributed by atoms with Gasteiger partial charge in [0.1, 0.15) is 23.0 Å². The number of fused-ring (bicyclic) bond motifs is 9. The second kappa shape index (κ2) is 12.0. The van der Waals surface area contributed by atoms with Gasteiger partial charge >= 0.3 is 0 Å². The fraction of sp³-hybridized carbons (Fsp3) is 0.0444. The Morgan fingerprint density at radius 1 is 0.647 bits per heavy atom. The first-order valence-corrected chi connectivity index (χ1v) is 17.2. The van der Waals surface area contributed by atoms with E-state index in [4.69, 9.17) is 9.47 Å². The van der Waals surface area contributed by atoms with E-state index in [-0.39, 0.29) is 0 Å². The van der Waals surface area contributed by atoms with Crippen molar-refractivity contribution in [2.45, 2.75) is 6.54 Å². The second-order valence-corrected chi connectivity index (χ2v) is 12.9. The first-order valence-electron chi connectivity index (χ1n) is 17.2. The topological polar surface area (TPSA) is 60.3 Å². The smallest absolute Gasteiger partial charge is 0.137 e. The summed E-state index contributed by atoms with van der Waals surface area (Å²) >= 11 is 0. The summed E-state index contributed by atoms with van der Waals surface area (Å²) in [5, 5.41) is 8.15. The van der Waals surface area contributed by atoms with Crippen LogP contribution in [0.5, 0.6) is 23.0 Å². The molecule has 3 aliphatic heterocycles. The van der Waals surface area contributed by atoms with Gasteiger partial charge in [0, 0.05) is 75.2 Å². The molecule has 0 bridgehead atoms. The molecule has 2 aromatic heterocycles. The molecule has 0 saturated carbocycles. The normalized spacial score (nSPS) is 14.1. The van der Waals surface area contributed by atoms with Gasteiger partial charge in [-0.15, -0.1) is 0 Å². The van der Waals surface area contributed by atoms with Crippen LogP contribution in [0.3, 0.4) is 0 Å². The molecule has 2 N–H and O–H groups in total. The van der Waals surface area contributed by atoms with Gasteiger partial charge in [-0.2, -0.15) is 0 Å². The Labute approximate surface area is 295 Å². The van der Waals surface area contributed by atoms with Gasteiger partial charge in [-0.1, -0.05) is 66.7 Å². The van der Waals surface area contributed by atoms with Crippen molar-refractivity contribution in [3.8, 4) is 50.9 Å². The molecule has 0 atom stereocenters. The Morgan fingerprint density at radius 2 is 1.37 bits per heavy atom. The molecule has 0 fully saturated rings. The number of hydrogen-bond donors (Lipinski definition) is 2. The van der Waals surface area contributed by atoms with E-state index >= 15 is 0 Å². The molecular weight excluding hydrogens is 629 g/mol. The predicted octanol–water partition coefficient (Wildman–Crippen LogP) is 10.4. The van der Waals surface area contributed by atoms with Crippen LogP contribution in [0.4, 0.5) is 0 Å². The fourth-order valence-corrected chi connectivity index (χ4v) is 7.47. The van der Waals surface area contributed by atoms with E-state index in [1.54, 1.807) is 6.20 Å². The molecule has 6 heteroatoms. The van der Waals surface area contributed by atoms with E-state index in [0.717, 1.165) is 91.9 Å². The van der Waals surface area contributed by atoms with Crippen LogP contribution < -0.4 is 20.1 Å². The van der Waals surface area contributed by atoms with Crippen LogP contribution in [0.15, 0.2) is 152 Å².